The van der Waals surface area contributed by atoms with Gasteiger partial charge in [0.1, 0.15) is 11.5 Å². The second-order valence-electron chi connectivity index (χ2n) is 4.55. The fourth-order valence-corrected chi connectivity index (χ4v) is 1.95. The monoisotopic (exact) mass is 333 g/mol. The molecule has 0 spiro atoms. The molecule has 8 heteroatoms. The molecule has 2 N–H and O–H groups in total. The average Bonchev–Trinajstić information content (AvgIpc) is 2.45. The third-order valence-electron chi connectivity index (χ3n) is 2.92. The third kappa shape index (κ3) is 5.10. The zero-order valence-corrected chi connectivity index (χ0v) is 11.6. The number of benzene rings is 2. The lowest BCUT2D eigenvalue weighted by Crippen LogP contribution is -2.17. The van der Waals surface area contributed by atoms with E-state index in [0.717, 1.165) is 12.1 Å². The zero-order chi connectivity index (χ0) is 17.0. The van der Waals surface area contributed by atoms with Gasteiger partial charge in [0.2, 0.25) is 0 Å². The number of alkyl halides is 5. The topological polar surface area (TPSA) is 44.5 Å². The minimum atomic E-state index is -4.77. The van der Waals surface area contributed by atoms with Crippen LogP contribution in [-0.4, -0.2) is 13.0 Å². The zero-order valence-electron chi connectivity index (χ0n) is 11.6. The van der Waals surface area contributed by atoms with Crippen LogP contribution in [0.5, 0.6) is 11.5 Å². The van der Waals surface area contributed by atoms with Gasteiger partial charge in [-0.15, -0.1) is 13.2 Å². The molecule has 0 amide bonds. The van der Waals surface area contributed by atoms with Crippen LogP contribution in [0.3, 0.4) is 0 Å². The van der Waals surface area contributed by atoms with E-state index in [1.807, 2.05) is 0 Å². The second kappa shape index (κ2) is 6.82. The Balaban J connectivity index is 2.15. The lowest BCUT2D eigenvalue weighted by Gasteiger charge is -2.15. The summed E-state index contributed by atoms with van der Waals surface area (Å²) in [5.74, 6) is -0.423. The summed E-state index contributed by atoms with van der Waals surface area (Å²) in [7, 11) is 0. The molecule has 2 aromatic carbocycles. The average molecular weight is 333 g/mol. The standard InChI is InChI=1S/C15H12F5NO2/c16-14(17)22-12-3-1-2-10(8-12)13(21)9-4-6-11(7-5-9)23-15(18,19)20/h1-8,13-14H,21H2/t13-/m0/s1. The molecular formula is C15H12F5NO2. The van der Waals surface area contributed by atoms with Gasteiger partial charge in [-0.25, -0.2) is 0 Å². The summed E-state index contributed by atoms with van der Waals surface area (Å²) in [5, 5.41) is 0. The number of ether oxygens (including phenoxy) is 2. The van der Waals surface area contributed by atoms with Crippen LogP contribution in [0.1, 0.15) is 17.2 Å². The molecule has 124 valence electrons. The summed E-state index contributed by atoms with van der Waals surface area (Å²) in [5.41, 5.74) is 6.96. The first-order chi connectivity index (χ1) is 10.7. The molecule has 2 aromatic rings. The van der Waals surface area contributed by atoms with Crippen molar-refractivity contribution < 1.29 is 31.4 Å². The minimum absolute atomic E-state index is 0.0509. The van der Waals surface area contributed by atoms with Gasteiger partial charge >= 0.3 is 13.0 Å². The van der Waals surface area contributed by atoms with Crippen LogP contribution in [0.4, 0.5) is 22.0 Å². The van der Waals surface area contributed by atoms with E-state index in [-0.39, 0.29) is 11.5 Å². The van der Waals surface area contributed by atoms with E-state index in [9.17, 15) is 22.0 Å². The van der Waals surface area contributed by atoms with E-state index in [1.165, 1.54) is 30.3 Å². The van der Waals surface area contributed by atoms with Gasteiger partial charge in [-0.2, -0.15) is 8.78 Å². The quantitative estimate of drug-likeness (QED) is 0.833. The first kappa shape index (κ1) is 17.0. The SMILES string of the molecule is N[C@@H](c1ccc(OC(F)(F)F)cc1)c1cccc(OC(F)F)c1. The van der Waals surface area contributed by atoms with Gasteiger partial charge in [-0.3, -0.25) is 0 Å². The predicted molar refractivity (Wildman–Crippen MR) is 72.2 cm³/mol. The fourth-order valence-electron chi connectivity index (χ4n) is 1.95. The number of hydrogen-bond donors (Lipinski definition) is 1. The Morgan fingerprint density at radius 2 is 1.52 bits per heavy atom. The molecule has 0 saturated carbocycles. The molecule has 3 nitrogen and oxygen atoms in total. The van der Waals surface area contributed by atoms with Gasteiger partial charge in [0, 0.05) is 0 Å². The smallest absolute Gasteiger partial charge is 0.435 e. The minimum Gasteiger partial charge on any atom is -0.435 e. The van der Waals surface area contributed by atoms with Crippen molar-refractivity contribution in [3.05, 3.63) is 59.7 Å². The van der Waals surface area contributed by atoms with E-state index in [2.05, 4.69) is 9.47 Å². The molecule has 2 rings (SSSR count). The fraction of sp³-hybridized carbons (Fsp3) is 0.200. The van der Waals surface area contributed by atoms with Gasteiger partial charge in [0.25, 0.3) is 0 Å². The van der Waals surface area contributed by atoms with E-state index >= 15 is 0 Å². The van der Waals surface area contributed by atoms with E-state index < -0.39 is 19.0 Å². The highest BCUT2D eigenvalue weighted by atomic mass is 19.4. The molecule has 0 aliphatic heterocycles. The third-order valence-corrected chi connectivity index (χ3v) is 2.92. The number of nitrogens with two attached hydrogens (primary N) is 1. The summed E-state index contributed by atoms with van der Waals surface area (Å²) in [6, 6.07) is 10.1. The Bertz CT molecular complexity index is 643. The molecule has 0 aliphatic carbocycles. The van der Waals surface area contributed by atoms with Crippen molar-refractivity contribution in [3.63, 3.8) is 0 Å². The highest BCUT2D eigenvalue weighted by molar-refractivity contribution is 5.38. The van der Waals surface area contributed by atoms with Gasteiger partial charge in [0.15, 0.2) is 0 Å². The Kier molecular flexibility index (Phi) is 5.05. The van der Waals surface area contributed by atoms with E-state index in [1.54, 1.807) is 6.07 Å². The molecule has 23 heavy (non-hydrogen) atoms. The van der Waals surface area contributed by atoms with Gasteiger partial charge < -0.3 is 15.2 Å². The first-order valence-corrected chi connectivity index (χ1v) is 6.40. The Morgan fingerprint density at radius 3 is 2.09 bits per heavy atom. The summed E-state index contributed by atoms with van der Waals surface area (Å²) in [6.45, 7) is -2.96. The molecule has 0 aliphatic rings. The molecule has 0 bridgehead atoms. The van der Waals surface area contributed by atoms with Crippen LogP contribution in [0.25, 0.3) is 0 Å². The van der Waals surface area contributed by atoms with Crippen molar-refractivity contribution in [3.8, 4) is 11.5 Å². The summed E-state index contributed by atoms with van der Waals surface area (Å²) >= 11 is 0. The summed E-state index contributed by atoms with van der Waals surface area (Å²) in [4.78, 5) is 0. The van der Waals surface area contributed by atoms with Crippen molar-refractivity contribution in [2.75, 3.05) is 0 Å². The van der Waals surface area contributed by atoms with Crippen LogP contribution in [0, 0.1) is 0 Å². The van der Waals surface area contributed by atoms with Crippen LogP contribution in [-0.2, 0) is 0 Å². The lowest BCUT2D eigenvalue weighted by molar-refractivity contribution is -0.274. The molecule has 0 aromatic heterocycles. The molecular weight excluding hydrogens is 321 g/mol. The molecule has 1 atom stereocenters. The van der Waals surface area contributed by atoms with Crippen LogP contribution in [0.2, 0.25) is 0 Å². The van der Waals surface area contributed by atoms with Gasteiger partial charge in [-0.1, -0.05) is 24.3 Å². The van der Waals surface area contributed by atoms with Crippen LogP contribution >= 0.6 is 0 Å². The molecule has 0 heterocycles. The number of hydrogen-bond acceptors (Lipinski definition) is 3. The van der Waals surface area contributed by atoms with Crippen molar-refractivity contribution in [2.24, 2.45) is 5.73 Å². The largest absolute Gasteiger partial charge is 0.573 e. The highest BCUT2D eigenvalue weighted by Gasteiger charge is 2.31. The predicted octanol–water partition coefficient (Wildman–Crippen LogP) is 4.23. The Morgan fingerprint density at radius 1 is 0.870 bits per heavy atom. The number of halogens is 5. The Labute approximate surface area is 128 Å². The van der Waals surface area contributed by atoms with Gasteiger partial charge in [-0.05, 0) is 35.4 Å². The van der Waals surface area contributed by atoms with Crippen molar-refractivity contribution >= 4 is 0 Å². The van der Waals surface area contributed by atoms with Gasteiger partial charge in [0.05, 0.1) is 6.04 Å². The lowest BCUT2D eigenvalue weighted by atomic mass is 9.99. The molecule has 0 saturated heterocycles. The second-order valence-corrected chi connectivity index (χ2v) is 4.55. The maximum absolute atomic E-state index is 12.2. The maximum atomic E-state index is 12.2. The molecule has 0 fully saturated rings. The van der Waals surface area contributed by atoms with Crippen molar-refractivity contribution in [1.29, 1.82) is 0 Å². The van der Waals surface area contributed by atoms with Crippen molar-refractivity contribution in [2.45, 2.75) is 19.0 Å². The Hall–Kier alpha value is -2.35. The van der Waals surface area contributed by atoms with Crippen LogP contribution < -0.4 is 15.2 Å². The normalized spacial score (nSPS) is 13.0. The summed E-state index contributed by atoms with van der Waals surface area (Å²) in [6.07, 6.45) is -4.77. The summed E-state index contributed by atoms with van der Waals surface area (Å²) < 4.78 is 68.7. The van der Waals surface area contributed by atoms with Crippen LogP contribution in [0.15, 0.2) is 48.5 Å². The first-order valence-electron chi connectivity index (χ1n) is 6.40. The maximum Gasteiger partial charge on any atom is 0.573 e. The molecule has 0 radical (unpaired) electrons. The number of rotatable bonds is 5. The van der Waals surface area contributed by atoms with Crippen molar-refractivity contribution in [1.82, 2.24) is 0 Å². The van der Waals surface area contributed by atoms with E-state index in [4.69, 9.17) is 5.73 Å². The highest BCUT2D eigenvalue weighted by Crippen LogP contribution is 2.27. The molecule has 0 unspecified atom stereocenters. The van der Waals surface area contributed by atoms with E-state index in [0.29, 0.717) is 11.1 Å².